The molecule has 0 aromatic heterocycles. The molecule has 0 N–H and O–H groups in total. The molecule has 0 bridgehead atoms. The van der Waals surface area contributed by atoms with Gasteiger partial charge >= 0.3 is 0 Å². The van der Waals surface area contributed by atoms with Crippen LogP contribution in [0.5, 0.6) is 0 Å². The molecular formula is C8H14N2. The molecule has 2 nitrogen and oxygen atoms in total. The average molecular weight is 138 g/mol. The number of aliphatic imine (C=N–C) groups is 1. The van der Waals surface area contributed by atoms with Gasteiger partial charge in [-0.15, -0.1) is 0 Å². The van der Waals surface area contributed by atoms with E-state index in [4.69, 9.17) is 5.26 Å². The van der Waals surface area contributed by atoms with Crippen molar-refractivity contribution in [1.82, 2.24) is 0 Å². The fourth-order valence-corrected chi connectivity index (χ4v) is 0.689. The van der Waals surface area contributed by atoms with Gasteiger partial charge in [-0.25, -0.2) is 0 Å². The zero-order valence-corrected chi connectivity index (χ0v) is 6.72. The molecule has 0 amide bonds. The Bertz CT molecular complexity index is 142. The van der Waals surface area contributed by atoms with E-state index in [2.05, 4.69) is 17.8 Å². The molecule has 0 atom stereocenters. The molecule has 0 rings (SSSR count). The van der Waals surface area contributed by atoms with Crippen LogP contribution in [0.4, 0.5) is 0 Å². The molecule has 0 saturated carbocycles. The van der Waals surface area contributed by atoms with E-state index in [0.717, 1.165) is 19.4 Å². The van der Waals surface area contributed by atoms with Crippen molar-refractivity contribution in [3.05, 3.63) is 0 Å². The monoisotopic (exact) mass is 138 g/mol. The van der Waals surface area contributed by atoms with Crippen molar-refractivity contribution >= 4 is 6.72 Å². The summed E-state index contributed by atoms with van der Waals surface area (Å²) in [5.74, 6) is 0. The van der Waals surface area contributed by atoms with Gasteiger partial charge < -0.3 is 4.99 Å². The van der Waals surface area contributed by atoms with Crippen LogP contribution in [0.15, 0.2) is 4.99 Å². The van der Waals surface area contributed by atoms with Gasteiger partial charge in [-0.2, -0.15) is 5.26 Å². The zero-order valence-electron chi connectivity index (χ0n) is 6.72. The predicted octanol–water partition coefficient (Wildman–Crippen LogP) is 2.02. The molecule has 0 aliphatic rings. The second kappa shape index (κ2) is 4.05. The third kappa shape index (κ3) is 4.08. The molecule has 0 fully saturated rings. The summed E-state index contributed by atoms with van der Waals surface area (Å²) in [5, 5.41) is 8.60. The van der Waals surface area contributed by atoms with Crippen LogP contribution >= 0.6 is 0 Å². The van der Waals surface area contributed by atoms with Gasteiger partial charge in [-0.1, -0.05) is 0 Å². The lowest BCUT2D eigenvalue weighted by Gasteiger charge is -2.12. The van der Waals surface area contributed by atoms with Crippen molar-refractivity contribution in [2.24, 2.45) is 10.4 Å². The molecule has 0 aliphatic carbocycles. The fraction of sp³-hybridized carbons (Fsp3) is 0.750. The minimum absolute atomic E-state index is 0.190. The first-order chi connectivity index (χ1) is 4.62. The maximum Gasteiger partial charge on any atom is 0.0683 e. The minimum atomic E-state index is -0.190. The fourth-order valence-electron chi connectivity index (χ4n) is 0.689. The standard InChI is InChI=1S/C8H14N2/c1-8(2,7-9)5-4-6-10-3/h3-6H2,1-2H3. The number of nitriles is 1. The quantitative estimate of drug-likeness (QED) is 0.432. The van der Waals surface area contributed by atoms with Gasteiger partial charge in [-0.05, 0) is 33.4 Å². The van der Waals surface area contributed by atoms with Crippen molar-refractivity contribution in [1.29, 1.82) is 5.26 Å². The van der Waals surface area contributed by atoms with Gasteiger partial charge in [0.25, 0.3) is 0 Å². The van der Waals surface area contributed by atoms with E-state index in [9.17, 15) is 0 Å². The summed E-state index contributed by atoms with van der Waals surface area (Å²) in [7, 11) is 0. The van der Waals surface area contributed by atoms with Crippen LogP contribution in [0.2, 0.25) is 0 Å². The molecule has 0 saturated heterocycles. The number of hydrogen-bond donors (Lipinski definition) is 0. The molecule has 0 aliphatic heterocycles. The molecule has 0 aromatic carbocycles. The van der Waals surface area contributed by atoms with Crippen LogP contribution in [-0.2, 0) is 0 Å². The van der Waals surface area contributed by atoms with E-state index in [0.29, 0.717) is 0 Å². The summed E-state index contributed by atoms with van der Waals surface area (Å²) >= 11 is 0. The van der Waals surface area contributed by atoms with Crippen LogP contribution < -0.4 is 0 Å². The average Bonchev–Trinajstić information content (AvgIpc) is 1.89. The van der Waals surface area contributed by atoms with Gasteiger partial charge in [0.1, 0.15) is 0 Å². The number of hydrogen-bond acceptors (Lipinski definition) is 2. The van der Waals surface area contributed by atoms with E-state index in [-0.39, 0.29) is 5.41 Å². The van der Waals surface area contributed by atoms with Crippen LogP contribution in [0.1, 0.15) is 26.7 Å². The molecule has 0 unspecified atom stereocenters. The predicted molar refractivity (Wildman–Crippen MR) is 43.0 cm³/mol. The Morgan fingerprint density at radius 1 is 1.60 bits per heavy atom. The van der Waals surface area contributed by atoms with E-state index in [1.54, 1.807) is 0 Å². The van der Waals surface area contributed by atoms with Gasteiger partial charge in [0.2, 0.25) is 0 Å². The third-order valence-electron chi connectivity index (χ3n) is 1.42. The molecule has 0 heterocycles. The molecular weight excluding hydrogens is 124 g/mol. The van der Waals surface area contributed by atoms with E-state index in [1.165, 1.54) is 0 Å². The Kier molecular flexibility index (Phi) is 3.71. The molecule has 0 radical (unpaired) electrons. The molecule has 0 spiro atoms. The van der Waals surface area contributed by atoms with Crippen LogP contribution in [0.25, 0.3) is 0 Å². The van der Waals surface area contributed by atoms with Gasteiger partial charge in [0.15, 0.2) is 0 Å². The highest BCUT2D eigenvalue weighted by Gasteiger charge is 2.14. The van der Waals surface area contributed by atoms with Crippen molar-refractivity contribution < 1.29 is 0 Å². The summed E-state index contributed by atoms with van der Waals surface area (Å²) in [5.41, 5.74) is -0.190. The van der Waals surface area contributed by atoms with Gasteiger partial charge in [0, 0.05) is 6.54 Å². The second-order valence-electron chi connectivity index (χ2n) is 3.05. The maximum absolute atomic E-state index is 8.60. The molecule has 2 heteroatoms. The molecule has 0 aromatic rings. The Labute approximate surface area is 62.6 Å². The normalized spacial score (nSPS) is 10.5. The Hall–Kier alpha value is -0.840. The lowest BCUT2D eigenvalue weighted by Crippen LogP contribution is -2.07. The third-order valence-corrected chi connectivity index (χ3v) is 1.42. The van der Waals surface area contributed by atoms with Crippen LogP contribution in [0, 0.1) is 16.7 Å². The lowest BCUT2D eigenvalue weighted by molar-refractivity contribution is 0.439. The van der Waals surface area contributed by atoms with E-state index in [1.807, 2.05) is 13.8 Å². The van der Waals surface area contributed by atoms with Crippen LogP contribution in [-0.4, -0.2) is 13.3 Å². The summed E-state index contributed by atoms with van der Waals surface area (Å²) < 4.78 is 0. The van der Waals surface area contributed by atoms with Crippen LogP contribution in [0.3, 0.4) is 0 Å². The first kappa shape index (κ1) is 9.16. The molecule has 56 valence electrons. The van der Waals surface area contributed by atoms with Crippen molar-refractivity contribution in [2.45, 2.75) is 26.7 Å². The zero-order chi connectivity index (χ0) is 8.04. The smallest absolute Gasteiger partial charge is 0.0683 e. The Morgan fingerprint density at radius 3 is 2.60 bits per heavy atom. The molecule has 10 heavy (non-hydrogen) atoms. The first-order valence-electron chi connectivity index (χ1n) is 3.46. The first-order valence-corrected chi connectivity index (χ1v) is 3.46. The van der Waals surface area contributed by atoms with E-state index >= 15 is 0 Å². The van der Waals surface area contributed by atoms with Gasteiger partial charge in [-0.3, -0.25) is 0 Å². The number of rotatable bonds is 4. The Balaban J connectivity index is 3.49. The van der Waals surface area contributed by atoms with Crippen molar-refractivity contribution in [2.75, 3.05) is 6.54 Å². The Morgan fingerprint density at radius 2 is 2.20 bits per heavy atom. The second-order valence-corrected chi connectivity index (χ2v) is 3.05. The summed E-state index contributed by atoms with van der Waals surface area (Å²) in [6.07, 6.45) is 1.87. The largest absolute Gasteiger partial charge is 0.301 e. The van der Waals surface area contributed by atoms with Crippen molar-refractivity contribution in [3.8, 4) is 6.07 Å². The summed E-state index contributed by atoms with van der Waals surface area (Å²) in [4.78, 5) is 3.71. The highest BCUT2D eigenvalue weighted by atomic mass is 14.7. The van der Waals surface area contributed by atoms with Crippen molar-refractivity contribution in [3.63, 3.8) is 0 Å². The maximum atomic E-state index is 8.60. The minimum Gasteiger partial charge on any atom is -0.301 e. The highest BCUT2D eigenvalue weighted by Crippen LogP contribution is 2.20. The van der Waals surface area contributed by atoms with E-state index < -0.39 is 0 Å². The summed E-state index contributed by atoms with van der Waals surface area (Å²) in [6.45, 7) is 8.02. The topological polar surface area (TPSA) is 36.1 Å². The number of nitrogens with zero attached hydrogens (tertiary/aromatic N) is 2. The SMILES string of the molecule is C=NCCCC(C)(C)C#N. The lowest BCUT2D eigenvalue weighted by atomic mass is 9.90. The summed E-state index contributed by atoms with van der Waals surface area (Å²) in [6, 6.07) is 2.24. The highest BCUT2D eigenvalue weighted by molar-refractivity contribution is 5.23. The van der Waals surface area contributed by atoms with Gasteiger partial charge in [0.05, 0.1) is 11.5 Å².